The van der Waals surface area contributed by atoms with Crippen molar-refractivity contribution in [3.63, 3.8) is 0 Å². The van der Waals surface area contributed by atoms with Crippen molar-refractivity contribution in [3.05, 3.63) is 24.3 Å². The summed E-state index contributed by atoms with van der Waals surface area (Å²) in [5.41, 5.74) is 2.50. The van der Waals surface area contributed by atoms with E-state index in [-0.39, 0.29) is 0 Å². The first-order valence-electron chi connectivity index (χ1n) is 10.7. The summed E-state index contributed by atoms with van der Waals surface area (Å²) in [6.45, 7) is 5.62. The van der Waals surface area contributed by atoms with E-state index < -0.39 is 0 Å². The van der Waals surface area contributed by atoms with Crippen molar-refractivity contribution in [2.24, 2.45) is 4.99 Å². The Morgan fingerprint density at radius 1 is 0.885 bits per heavy atom. The van der Waals surface area contributed by atoms with Gasteiger partial charge in [-0.05, 0) is 18.6 Å². The number of hydrogen-bond donors (Lipinski definition) is 0. The highest BCUT2D eigenvalue weighted by Crippen LogP contribution is 2.38. The molecule has 4 nitrogen and oxygen atoms in total. The van der Waals surface area contributed by atoms with Crippen LogP contribution in [0, 0.1) is 0 Å². The van der Waals surface area contributed by atoms with Crippen LogP contribution in [0.2, 0.25) is 0 Å². The number of hydrogen-bond acceptors (Lipinski definition) is 4. The van der Waals surface area contributed by atoms with Gasteiger partial charge >= 0.3 is 0 Å². The van der Waals surface area contributed by atoms with E-state index in [9.17, 15) is 0 Å². The van der Waals surface area contributed by atoms with Crippen molar-refractivity contribution in [1.82, 2.24) is 0 Å². The Balaban J connectivity index is 1.26. The van der Waals surface area contributed by atoms with Crippen LogP contribution in [0.25, 0.3) is 0 Å². The van der Waals surface area contributed by atoms with Gasteiger partial charge in [0.25, 0.3) is 0 Å². The van der Waals surface area contributed by atoms with Crippen molar-refractivity contribution >= 4 is 17.3 Å². The van der Waals surface area contributed by atoms with Crippen LogP contribution in [-0.4, -0.2) is 32.4 Å². The summed E-state index contributed by atoms with van der Waals surface area (Å²) in [4.78, 5) is 9.18. The SMILES string of the molecule is CCCCCCCCCCCCOCN1C2=NCCN2c2ccccc21. The molecule has 0 atom stereocenters. The average Bonchev–Trinajstić information content (AvgIpc) is 3.25. The maximum atomic E-state index is 5.97. The van der Waals surface area contributed by atoms with Crippen LogP contribution in [0.15, 0.2) is 29.3 Å². The first-order chi connectivity index (χ1) is 12.9. The Morgan fingerprint density at radius 2 is 1.54 bits per heavy atom. The molecule has 4 heteroatoms. The summed E-state index contributed by atoms with van der Waals surface area (Å²) in [6, 6.07) is 8.54. The normalized spacial score (nSPS) is 15.3. The van der Waals surface area contributed by atoms with Gasteiger partial charge in [0, 0.05) is 13.2 Å². The number of benzene rings is 1. The molecule has 0 saturated heterocycles. The number of aliphatic imine (C=N–C) groups is 1. The molecule has 3 rings (SSSR count). The Bertz CT molecular complexity index is 572. The zero-order valence-electron chi connectivity index (χ0n) is 16.5. The van der Waals surface area contributed by atoms with Crippen LogP contribution < -0.4 is 9.80 Å². The maximum Gasteiger partial charge on any atom is 0.207 e. The van der Waals surface area contributed by atoms with Gasteiger partial charge in [-0.25, -0.2) is 0 Å². The number of unbranched alkanes of at least 4 members (excludes halogenated alkanes) is 9. The predicted octanol–water partition coefficient (Wildman–Crippen LogP) is 5.58. The first-order valence-corrected chi connectivity index (χ1v) is 10.7. The Morgan fingerprint density at radius 3 is 2.27 bits per heavy atom. The number of rotatable bonds is 13. The predicted molar refractivity (Wildman–Crippen MR) is 111 cm³/mol. The molecule has 0 fully saturated rings. The van der Waals surface area contributed by atoms with Gasteiger partial charge in [-0.3, -0.25) is 9.89 Å². The van der Waals surface area contributed by atoms with Crippen LogP contribution in [0.4, 0.5) is 11.4 Å². The van der Waals surface area contributed by atoms with Crippen LogP contribution in [0.1, 0.15) is 71.1 Å². The molecule has 0 unspecified atom stereocenters. The fourth-order valence-corrected chi connectivity index (χ4v) is 3.90. The standard InChI is InChI=1S/C22H35N3O/c1-2-3-4-5-6-7-8-9-10-13-18-26-19-25-21-15-12-11-14-20(21)24-17-16-23-22(24)25/h11-12,14-15H,2-10,13,16-19H2,1H3. The molecular formula is C22H35N3O. The molecule has 0 radical (unpaired) electrons. The van der Waals surface area contributed by atoms with Crippen molar-refractivity contribution in [1.29, 1.82) is 0 Å². The topological polar surface area (TPSA) is 28.1 Å². The lowest BCUT2D eigenvalue weighted by atomic mass is 10.1. The molecule has 0 amide bonds. The highest BCUT2D eigenvalue weighted by atomic mass is 16.5. The quantitative estimate of drug-likeness (QED) is 0.432. The van der Waals surface area contributed by atoms with Crippen LogP contribution in [0.3, 0.4) is 0 Å². The molecule has 1 aromatic rings. The number of guanidine groups is 1. The highest BCUT2D eigenvalue weighted by Gasteiger charge is 2.34. The summed E-state index contributed by atoms with van der Waals surface area (Å²) in [5, 5.41) is 0. The van der Waals surface area contributed by atoms with Gasteiger partial charge in [-0.15, -0.1) is 0 Å². The van der Waals surface area contributed by atoms with E-state index in [4.69, 9.17) is 4.74 Å². The van der Waals surface area contributed by atoms with Gasteiger partial charge in [0.15, 0.2) is 0 Å². The highest BCUT2D eigenvalue weighted by molar-refractivity contribution is 6.16. The number of nitrogens with zero attached hydrogens (tertiary/aromatic N) is 3. The third kappa shape index (κ3) is 5.00. The van der Waals surface area contributed by atoms with E-state index in [0.29, 0.717) is 6.73 Å². The Kier molecular flexibility index (Phi) is 7.81. The van der Waals surface area contributed by atoms with E-state index in [2.05, 4.69) is 46.0 Å². The lowest BCUT2D eigenvalue weighted by Crippen LogP contribution is -2.36. The molecule has 0 spiro atoms. The molecule has 2 heterocycles. The zero-order valence-corrected chi connectivity index (χ0v) is 16.5. The minimum absolute atomic E-state index is 0.615. The lowest BCUT2D eigenvalue weighted by molar-refractivity contribution is 0.137. The second-order valence-electron chi connectivity index (χ2n) is 7.47. The zero-order chi connectivity index (χ0) is 18.0. The van der Waals surface area contributed by atoms with Crippen LogP contribution >= 0.6 is 0 Å². The third-order valence-corrected chi connectivity index (χ3v) is 5.39. The molecule has 2 aliphatic rings. The van der Waals surface area contributed by atoms with Crippen LogP contribution in [0.5, 0.6) is 0 Å². The maximum absolute atomic E-state index is 5.97. The van der Waals surface area contributed by atoms with Gasteiger partial charge in [-0.1, -0.05) is 76.8 Å². The van der Waals surface area contributed by atoms with E-state index in [1.54, 1.807) is 0 Å². The summed E-state index contributed by atoms with van der Waals surface area (Å²) in [5.74, 6) is 1.06. The Labute approximate surface area is 159 Å². The molecule has 26 heavy (non-hydrogen) atoms. The van der Waals surface area contributed by atoms with Gasteiger partial charge in [0.05, 0.1) is 17.9 Å². The fourth-order valence-electron chi connectivity index (χ4n) is 3.90. The second-order valence-corrected chi connectivity index (χ2v) is 7.47. The number of fused-ring (bicyclic) bond motifs is 3. The summed E-state index contributed by atoms with van der Waals surface area (Å²) in [7, 11) is 0. The summed E-state index contributed by atoms with van der Waals surface area (Å²) in [6.07, 6.45) is 13.6. The van der Waals surface area contributed by atoms with Crippen molar-refractivity contribution in [2.75, 3.05) is 36.2 Å². The molecule has 0 aromatic heterocycles. The van der Waals surface area contributed by atoms with E-state index in [0.717, 1.165) is 25.7 Å². The molecule has 2 aliphatic heterocycles. The van der Waals surface area contributed by atoms with Crippen molar-refractivity contribution in [3.8, 4) is 0 Å². The molecule has 144 valence electrons. The number of para-hydroxylation sites is 2. The summed E-state index contributed by atoms with van der Waals surface area (Å²) < 4.78 is 5.97. The molecule has 0 bridgehead atoms. The minimum Gasteiger partial charge on any atom is -0.361 e. The van der Waals surface area contributed by atoms with E-state index in [1.165, 1.54) is 75.6 Å². The van der Waals surface area contributed by atoms with Crippen molar-refractivity contribution in [2.45, 2.75) is 71.1 Å². The fraction of sp³-hybridized carbons (Fsp3) is 0.682. The van der Waals surface area contributed by atoms with Gasteiger partial charge in [0.2, 0.25) is 5.96 Å². The molecule has 0 saturated carbocycles. The van der Waals surface area contributed by atoms with Gasteiger partial charge < -0.3 is 9.64 Å². The Hall–Kier alpha value is -1.55. The van der Waals surface area contributed by atoms with E-state index in [1.807, 2.05) is 0 Å². The monoisotopic (exact) mass is 357 g/mol. The molecular weight excluding hydrogens is 322 g/mol. The second kappa shape index (κ2) is 10.6. The summed E-state index contributed by atoms with van der Waals surface area (Å²) >= 11 is 0. The van der Waals surface area contributed by atoms with Crippen LogP contribution in [-0.2, 0) is 4.74 Å². The van der Waals surface area contributed by atoms with E-state index >= 15 is 0 Å². The molecule has 0 aliphatic carbocycles. The number of ether oxygens (including phenoxy) is 1. The first kappa shape index (κ1) is 19.2. The lowest BCUT2D eigenvalue weighted by Gasteiger charge is -2.19. The smallest absolute Gasteiger partial charge is 0.207 e. The average molecular weight is 358 g/mol. The van der Waals surface area contributed by atoms with Crippen molar-refractivity contribution < 1.29 is 4.74 Å². The molecule has 0 N–H and O–H groups in total. The minimum atomic E-state index is 0.615. The third-order valence-electron chi connectivity index (χ3n) is 5.39. The largest absolute Gasteiger partial charge is 0.361 e. The van der Waals surface area contributed by atoms with Gasteiger partial charge in [0.1, 0.15) is 6.73 Å². The van der Waals surface area contributed by atoms with Gasteiger partial charge in [-0.2, -0.15) is 0 Å². The molecule has 1 aromatic carbocycles. The number of anilines is 2.